The fraction of sp³-hybridized carbons (Fsp3) is 0.538. The predicted molar refractivity (Wildman–Crippen MR) is 80.0 cm³/mol. The maximum Gasteiger partial charge on any atom is 0.330 e. The number of alkyl halides is 2. The predicted octanol–water partition coefficient (Wildman–Crippen LogP) is -2.23. The van der Waals surface area contributed by atoms with Crippen LogP contribution in [0.25, 0.3) is 0 Å². The highest BCUT2D eigenvalue weighted by Gasteiger charge is 2.61. The molecule has 1 saturated heterocycles. The van der Waals surface area contributed by atoms with Gasteiger partial charge in [-0.3, -0.25) is 14.3 Å². The van der Waals surface area contributed by atoms with Crippen LogP contribution in [-0.2, 0) is 4.74 Å². The molecular weight excluding hydrogens is 324 g/mol. The molecule has 24 heavy (non-hydrogen) atoms. The molecule has 1 aromatic heterocycles. The van der Waals surface area contributed by atoms with Crippen molar-refractivity contribution in [3.8, 4) is 11.8 Å². The monoisotopic (exact) mass is 336 g/mol. The number of aliphatic hydroxyl groups is 2. The van der Waals surface area contributed by atoms with E-state index < -0.39 is 47.4 Å². The quantitative estimate of drug-likeness (QED) is 0.419. The second-order valence-electron chi connectivity index (χ2n) is 5.39. The molecule has 1 aromatic rings. The van der Waals surface area contributed by atoms with Gasteiger partial charge in [0.2, 0.25) is 5.67 Å². The Morgan fingerprint density at radius 2 is 2.17 bits per heavy atom. The van der Waals surface area contributed by atoms with Gasteiger partial charge in [0.1, 0.15) is 34.6 Å². The lowest BCUT2D eigenvalue weighted by Crippen LogP contribution is -2.52. The molecule has 0 amide bonds. The SMILES string of the molecule is [B]C([B])(O)C1O[C@@H](n2c(C)cc(=O)[nH]c2=O)[C@@](F)(C#CCF)C1O. The summed E-state index contributed by atoms with van der Waals surface area (Å²) in [5.41, 5.74) is -4.84. The molecule has 0 spiro atoms. The van der Waals surface area contributed by atoms with Crippen LogP contribution < -0.4 is 11.2 Å². The van der Waals surface area contributed by atoms with Gasteiger partial charge < -0.3 is 14.9 Å². The highest BCUT2D eigenvalue weighted by molar-refractivity contribution is 6.39. The summed E-state index contributed by atoms with van der Waals surface area (Å²) in [7, 11) is 10.5. The van der Waals surface area contributed by atoms with E-state index in [-0.39, 0.29) is 5.69 Å². The van der Waals surface area contributed by atoms with E-state index in [0.717, 1.165) is 6.07 Å². The van der Waals surface area contributed by atoms with Crippen LogP contribution in [0.3, 0.4) is 0 Å². The Morgan fingerprint density at radius 1 is 1.54 bits per heavy atom. The summed E-state index contributed by atoms with van der Waals surface area (Å²) in [4.78, 5) is 25.2. The number of ether oxygens (including phenoxy) is 1. The number of rotatable bonds is 2. The molecule has 3 N–H and O–H groups in total. The Labute approximate surface area is 137 Å². The Morgan fingerprint density at radius 3 is 2.67 bits per heavy atom. The van der Waals surface area contributed by atoms with Gasteiger partial charge >= 0.3 is 5.69 Å². The van der Waals surface area contributed by atoms with E-state index in [1.54, 1.807) is 5.92 Å². The van der Waals surface area contributed by atoms with Gasteiger partial charge in [-0.2, -0.15) is 0 Å². The molecule has 2 rings (SSSR count). The number of H-pyrrole nitrogens is 1. The van der Waals surface area contributed by atoms with E-state index in [2.05, 4.69) is 0 Å². The number of nitrogens with zero attached hydrogens (tertiary/aromatic N) is 1. The van der Waals surface area contributed by atoms with Crippen molar-refractivity contribution in [2.45, 2.75) is 36.4 Å². The molecule has 0 bridgehead atoms. The number of nitrogens with one attached hydrogen (secondary N) is 1. The van der Waals surface area contributed by atoms with Crippen LogP contribution >= 0.6 is 0 Å². The van der Waals surface area contributed by atoms with E-state index >= 15 is 4.39 Å². The fourth-order valence-corrected chi connectivity index (χ4v) is 2.51. The largest absolute Gasteiger partial charge is 0.406 e. The lowest BCUT2D eigenvalue weighted by atomic mass is 9.60. The highest BCUT2D eigenvalue weighted by Crippen LogP contribution is 2.43. The minimum atomic E-state index is -3.02. The molecule has 1 fully saturated rings. The first-order valence-electron chi connectivity index (χ1n) is 6.73. The van der Waals surface area contributed by atoms with E-state index in [1.165, 1.54) is 6.92 Å². The van der Waals surface area contributed by atoms with E-state index in [1.807, 2.05) is 10.9 Å². The van der Waals surface area contributed by atoms with Crippen molar-refractivity contribution < 1.29 is 23.7 Å². The molecule has 7 nitrogen and oxygen atoms in total. The lowest BCUT2D eigenvalue weighted by molar-refractivity contribution is -0.0772. The van der Waals surface area contributed by atoms with Gasteiger partial charge in [-0.15, -0.1) is 0 Å². The van der Waals surface area contributed by atoms with Crippen molar-refractivity contribution in [2.75, 3.05) is 6.67 Å². The third-order valence-corrected chi connectivity index (χ3v) is 3.56. The zero-order chi connectivity index (χ0) is 18.3. The van der Waals surface area contributed by atoms with Crippen molar-refractivity contribution in [2.24, 2.45) is 0 Å². The first kappa shape index (κ1) is 18.4. The first-order chi connectivity index (χ1) is 11.0. The molecule has 2 unspecified atom stereocenters. The van der Waals surface area contributed by atoms with Gasteiger partial charge in [-0.05, 0) is 6.92 Å². The highest BCUT2D eigenvalue weighted by atomic mass is 19.1. The number of halogens is 2. The Balaban J connectivity index is 2.66. The Hall–Kier alpha value is -1.89. The Kier molecular flexibility index (Phi) is 4.77. The summed E-state index contributed by atoms with van der Waals surface area (Å²) in [5, 5.41) is 17.1. The maximum absolute atomic E-state index is 15.3. The van der Waals surface area contributed by atoms with Crippen molar-refractivity contribution >= 4 is 15.7 Å². The van der Waals surface area contributed by atoms with Crippen LogP contribution in [0.4, 0.5) is 8.78 Å². The normalized spacial score (nSPS) is 30.0. The second-order valence-corrected chi connectivity index (χ2v) is 5.39. The van der Waals surface area contributed by atoms with Crippen LogP contribution in [0.5, 0.6) is 0 Å². The lowest BCUT2D eigenvalue weighted by Gasteiger charge is -2.29. The third-order valence-electron chi connectivity index (χ3n) is 3.56. The first-order valence-corrected chi connectivity index (χ1v) is 6.73. The summed E-state index contributed by atoms with van der Waals surface area (Å²) in [6, 6.07) is 0.977. The average Bonchev–Trinajstić information content (AvgIpc) is 2.69. The van der Waals surface area contributed by atoms with Crippen molar-refractivity contribution in [1.29, 1.82) is 0 Å². The van der Waals surface area contributed by atoms with E-state index in [9.17, 15) is 24.2 Å². The number of hydrogen-bond acceptors (Lipinski definition) is 5. The van der Waals surface area contributed by atoms with E-state index in [0.29, 0.717) is 4.57 Å². The standard InChI is InChI=1S/C13H12B2F2N2O5/c1-6-5-7(20)18-11(22)19(6)10-12(17,3-2-4-16)8(21)9(24-10)13(14,15)23/h5,8-10,21,23H,4H2,1H3,(H,18,20,22)/t8?,9?,10-,12-/m1/s1. The van der Waals surface area contributed by atoms with Crippen molar-refractivity contribution in [3.63, 3.8) is 0 Å². The molecule has 2 heterocycles. The van der Waals surface area contributed by atoms with Crippen molar-refractivity contribution in [3.05, 3.63) is 32.6 Å². The zero-order valence-corrected chi connectivity index (χ0v) is 12.5. The van der Waals surface area contributed by atoms with E-state index in [4.69, 9.17) is 20.4 Å². The molecular formula is C13H12B2F2N2O5. The average molecular weight is 336 g/mol. The summed E-state index contributed by atoms with van der Waals surface area (Å²) >= 11 is 0. The topological polar surface area (TPSA) is 105 Å². The summed E-state index contributed by atoms with van der Waals surface area (Å²) in [6.45, 7) is 0.0740. The van der Waals surface area contributed by atoms with Crippen molar-refractivity contribution in [1.82, 2.24) is 9.55 Å². The number of hydrogen-bond donors (Lipinski definition) is 3. The maximum atomic E-state index is 15.3. The molecule has 124 valence electrons. The zero-order valence-electron chi connectivity index (χ0n) is 12.5. The fourth-order valence-electron chi connectivity index (χ4n) is 2.51. The number of aromatic nitrogens is 2. The third kappa shape index (κ3) is 3.04. The molecule has 1 aliphatic heterocycles. The number of aromatic amines is 1. The van der Waals surface area contributed by atoms with Crippen LogP contribution in [0, 0.1) is 18.8 Å². The molecule has 0 aliphatic carbocycles. The Bertz CT molecular complexity index is 810. The van der Waals surface area contributed by atoms with Gasteiger partial charge in [0, 0.05) is 17.2 Å². The van der Waals surface area contributed by atoms with Gasteiger partial charge in [-0.25, -0.2) is 13.6 Å². The number of aliphatic hydroxyl groups excluding tert-OH is 1. The molecule has 1 aliphatic rings. The van der Waals surface area contributed by atoms with Crippen LogP contribution in [-0.4, -0.2) is 65.4 Å². The summed E-state index contributed by atoms with van der Waals surface area (Å²) in [5.74, 6) is 3.64. The molecule has 0 aromatic carbocycles. The summed E-state index contributed by atoms with van der Waals surface area (Å²) in [6.07, 6.45) is -6.00. The minimum Gasteiger partial charge on any atom is -0.406 e. The van der Waals surface area contributed by atoms with Gasteiger partial charge in [-0.1, -0.05) is 11.8 Å². The molecule has 4 atom stereocenters. The molecule has 4 radical (unpaired) electrons. The van der Waals surface area contributed by atoms with Gasteiger partial charge in [0.25, 0.3) is 5.56 Å². The minimum absolute atomic E-state index is 0.0248. The van der Waals surface area contributed by atoms with Gasteiger partial charge in [0.15, 0.2) is 6.23 Å². The molecule has 11 heteroatoms. The summed E-state index contributed by atoms with van der Waals surface area (Å²) < 4.78 is 33.4. The molecule has 0 saturated carbocycles. The van der Waals surface area contributed by atoms with Crippen LogP contribution in [0.2, 0.25) is 0 Å². The van der Waals surface area contributed by atoms with Crippen LogP contribution in [0.1, 0.15) is 11.9 Å². The van der Waals surface area contributed by atoms with Gasteiger partial charge in [0.05, 0.1) is 0 Å². The smallest absolute Gasteiger partial charge is 0.330 e. The second kappa shape index (κ2) is 6.20. The number of aryl methyl sites for hydroxylation is 1. The van der Waals surface area contributed by atoms with Crippen LogP contribution in [0.15, 0.2) is 15.7 Å².